The van der Waals surface area contributed by atoms with Gasteiger partial charge in [0.1, 0.15) is 0 Å². The molecule has 1 heterocycles. The molecule has 1 aliphatic heterocycles. The Morgan fingerprint density at radius 2 is 1.81 bits per heavy atom. The summed E-state index contributed by atoms with van der Waals surface area (Å²) in [6.07, 6.45) is 0.383. The second kappa shape index (κ2) is 8.88. The van der Waals surface area contributed by atoms with E-state index < -0.39 is 27.0 Å². The van der Waals surface area contributed by atoms with Crippen LogP contribution in [-0.2, 0) is 14.6 Å². The highest BCUT2D eigenvalue weighted by Crippen LogP contribution is 2.29. The molecule has 0 saturated carbocycles. The normalized spacial score (nSPS) is 21.1. The zero-order valence-electron chi connectivity index (χ0n) is 17.0. The minimum Gasteiger partial charge on any atom is -0.478 e. The van der Waals surface area contributed by atoms with Crippen LogP contribution in [0.3, 0.4) is 0 Å². The zero-order valence-corrected chi connectivity index (χ0v) is 17.8. The molecule has 0 aromatic heterocycles. The summed E-state index contributed by atoms with van der Waals surface area (Å²) in [6.45, 7) is 3.67. The number of hydrogen-bond acceptors (Lipinski definition) is 6. The van der Waals surface area contributed by atoms with Gasteiger partial charge in [-0.3, -0.25) is 4.79 Å². The Morgan fingerprint density at radius 1 is 1.13 bits per heavy atom. The molecule has 2 atom stereocenters. The number of amides is 1. The van der Waals surface area contributed by atoms with Crippen molar-refractivity contribution in [3.8, 4) is 6.07 Å². The number of nitrogens with one attached hydrogen (secondary N) is 1. The molecule has 1 aliphatic rings. The third-order valence-electron chi connectivity index (χ3n) is 5.15. The van der Waals surface area contributed by atoms with Crippen LogP contribution in [-0.4, -0.2) is 42.9 Å². The number of sulfone groups is 1. The Bertz CT molecular complexity index is 1160. The van der Waals surface area contributed by atoms with E-state index in [1.54, 1.807) is 0 Å². The fraction of sp³-hybridized carbons (Fsp3) is 0.318. The highest BCUT2D eigenvalue weighted by molar-refractivity contribution is 7.92. The van der Waals surface area contributed by atoms with Gasteiger partial charge in [-0.1, -0.05) is 6.07 Å². The van der Waals surface area contributed by atoms with E-state index in [9.17, 15) is 23.1 Å². The number of anilines is 1. The molecular weight excluding hydrogens is 420 g/mol. The first-order chi connectivity index (χ1) is 14.6. The van der Waals surface area contributed by atoms with Crippen LogP contribution in [0.4, 0.5) is 5.69 Å². The largest absolute Gasteiger partial charge is 0.478 e. The van der Waals surface area contributed by atoms with Gasteiger partial charge in [0.05, 0.1) is 45.2 Å². The molecule has 3 rings (SSSR count). The Morgan fingerprint density at radius 3 is 2.42 bits per heavy atom. The van der Waals surface area contributed by atoms with Crippen molar-refractivity contribution < 1.29 is 27.9 Å². The molecule has 1 fully saturated rings. The van der Waals surface area contributed by atoms with Gasteiger partial charge in [-0.2, -0.15) is 5.26 Å². The standard InChI is InChI=1S/C22H22N2O6S/c1-13-8-18(9-14(2)30-13)31(28,29)17-5-3-4-16(11-17)21(25)24-20-7-6-15(12-23)10-19(20)22(26)27/h3-7,10-11,13-14,18H,8-9H2,1-2H3,(H,24,25)(H,26,27). The fourth-order valence-corrected chi connectivity index (χ4v) is 5.69. The van der Waals surface area contributed by atoms with Crippen molar-refractivity contribution >= 4 is 27.4 Å². The Labute approximate surface area is 180 Å². The highest BCUT2D eigenvalue weighted by atomic mass is 32.2. The average Bonchev–Trinajstić information content (AvgIpc) is 2.73. The number of benzene rings is 2. The van der Waals surface area contributed by atoms with Gasteiger partial charge in [-0.15, -0.1) is 0 Å². The molecule has 2 aromatic carbocycles. The number of carboxylic acids is 1. The summed E-state index contributed by atoms with van der Waals surface area (Å²) in [6, 6.07) is 11.4. The molecule has 2 aromatic rings. The average molecular weight is 442 g/mol. The van der Waals surface area contributed by atoms with Gasteiger partial charge in [0, 0.05) is 5.56 Å². The number of carbonyl (C=O) groups excluding carboxylic acids is 1. The predicted molar refractivity (Wildman–Crippen MR) is 113 cm³/mol. The van der Waals surface area contributed by atoms with E-state index in [1.807, 2.05) is 19.9 Å². The third-order valence-corrected chi connectivity index (χ3v) is 7.32. The third kappa shape index (κ3) is 4.93. The van der Waals surface area contributed by atoms with Crippen LogP contribution in [0, 0.1) is 11.3 Å². The minimum absolute atomic E-state index is 0.0110. The smallest absolute Gasteiger partial charge is 0.337 e. The van der Waals surface area contributed by atoms with E-state index >= 15 is 0 Å². The van der Waals surface area contributed by atoms with Gasteiger partial charge in [-0.25, -0.2) is 13.2 Å². The molecular formula is C22H22N2O6S. The highest BCUT2D eigenvalue weighted by Gasteiger charge is 2.35. The molecule has 2 N–H and O–H groups in total. The number of carboxylic acid groups (broad SMARTS) is 1. The molecule has 0 spiro atoms. The summed E-state index contributed by atoms with van der Waals surface area (Å²) in [5.41, 5.74) is -0.00321. The van der Waals surface area contributed by atoms with Crippen LogP contribution in [0.1, 0.15) is 53.0 Å². The van der Waals surface area contributed by atoms with Crippen LogP contribution < -0.4 is 5.32 Å². The van der Waals surface area contributed by atoms with Crippen molar-refractivity contribution in [2.45, 2.75) is 49.0 Å². The van der Waals surface area contributed by atoms with E-state index in [1.165, 1.54) is 36.4 Å². The molecule has 0 aliphatic carbocycles. The molecule has 162 valence electrons. The molecule has 1 saturated heterocycles. The van der Waals surface area contributed by atoms with Gasteiger partial charge < -0.3 is 15.2 Å². The van der Waals surface area contributed by atoms with Gasteiger partial charge in [-0.05, 0) is 63.1 Å². The maximum Gasteiger partial charge on any atom is 0.337 e. The number of ether oxygens (including phenoxy) is 1. The summed E-state index contributed by atoms with van der Waals surface area (Å²) in [5.74, 6) is -1.95. The van der Waals surface area contributed by atoms with Crippen LogP contribution in [0.5, 0.6) is 0 Å². The zero-order chi connectivity index (χ0) is 22.8. The molecule has 2 unspecified atom stereocenters. The Balaban J connectivity index is 1.88. The number of aromatic carboxylic acids is 1. The lowest BCUT2D eigenvalue weighted by Gasteiger charge is -2.31. The number of nitrogens with zero attached hydrogens (tertiary/aromatic N) is 1. The predicted octanol–water partition coefficient (Wildman–Crippen LogP) is 3.24. The van der Waals surface area contributed by atoms with Crippen molar-refractivity contribution in [3.05, 3.63) is 59.2 Å². The van der Waals surface area contributed by atoms with E-state index in [0.717, 1.165) is 6.07 Å². The quantitative estimate of drug-likeness (QED) is 0.726. The van der Waals surface area contributed by atoms with Crippen molar-refractivity contribution in [2.75, 3.05) is 5.32 Å². The molecule has 31 heavy (non-hydrogen) atoms. The number of hydrogen-bond donors (Lipinski definition) is 2. The summed E-state index contributed by atoms with van der Waals surface area (Å²) in [4.78, 5) is 24.2. The van der Waals surface area contributed by atoms with Crippen LogP contribution in [0.25, 0.3) is 0 Å². The maximum absolute atomic E-state index is 13.1. The minimum atomic E-state index is -3.68. The van der Waals surface area contributed by atoms with Crippen LogP contribution in [0.2, 0.25) is 0 Å². The van der Waals surface area contributed by atoms with E-state index in [-0.39, 0.29) is 39.5 Å². The lowest BCUT2D eigenvalue weighted by atomic mass is 10.1. The van der Waals surface area contributed by atoms with Crippen molar-refractivity contribution in [1.82, 2.24) is 0 Å². The van der Waals surface area contributed by atoms with E-state index in [4.69, 9.17) is 10.00 Å². The van der Waals surface area contributed by atoms with E-state index in [0.29, 0.717) is 12.8 Å². The van der Waals surface area contributed by atoms with E-state index in [2.05, 4.69) is 5.32 Å². The topological polar surface area (TPSA) is 134 Å². The SMILES string of the molecule is CC1CC(S(=O)(=O)c2cccc(C(=O)Nc3ccc(C#N)cc3C(=O)O)c2)CC(C)O1. The van der Waals surface area contributed by atoms with Crippen LogP contribution >= 0.6 is 0 Å². The maximum atomic E-state index is 13.1. The monoisotopic (exact) mass is 442 g/mol. The fourth-order valence-electron chi connectivity index (χ4n) is 3.70. The summed E-state index contributed by atoms with van der Waals surface area (Å²) >= 11 is 0. The van der Waals surface area contributed by atoms with Crippen molar-refractivity contribution in [2.24, 2.45) is 0 Å². The first-order valence-corrected chi connectivity index (χ1v) is 11.2. The van der Waals surface area contributed by atoms with Gasteiger partial charge in [0.25, 0.3) is 5.91 Å². The van der Waals surface area contributed by atoms with Gasteiger partial charge in [0.15, 0.2) is 9.84 Å². The van der Waals surface area contributed by atoms with Gasteiger partial charge >= 0.3 is 5.97 Å². The first kappa shape index (κ1) is 22.5. The number of carbonyl (C=O) groups is 2. The summed E-state index contributed by atoms with van der Waals surface area (Å²) < 4.78 is 31.9. The number of nitriles is 1. The molecule has 1 amide bonds. The second-order valence-corrected chi connectivity index (χ2v) is 9.78. The second-order valence-electron chi connectivity index (χ2n) is 7.56. The van der Waals surface area contributed by atoms with Crippen molar-refractivity contribution in [3.63, 3.8) is 0 Å². The Kier molecular flexibility index (Phi) is 6.43. The summed E-state index contributed by atoms with van der Waals surface area (Å²) in [7, 11) is -3.68. The molecule has 8 nitrogen and oxygen atoms in total. The Hall–Kier alpha value is -3.22. The van der Waals surface area contributed by atoms with Crippen LogP contribution in [0.15, 0.2) is 47.4 Å². The lowest BCUT2D eigenvalue weighted by molar-refractivity contribution is -0.0276. The summed E-state index contributed by atoms with van der Waals surface area (Å²) in [5, 5.41) is 20.2. The number of rotatable bonds is 5. The first-order valence-electron chi connectivity index (χ1n) is 9.70. The lowest BCUT2D eigenvalue weighted by Crippen LogP contribution is -2.37. The molecule has 0 radical (unpaired) electrons. The van der Waals surface area contributed by atoms with Crippen molar-refractivity contribution in [1.29, 1.82) is 5.26 Å². The molecule has 0 bridgehead atoms. The van der Waals surface area contributed by atoms with Gasteiger partial charge in [0.2, 0.25) is 0 Å². The molecule has 9 heteroatoms.